The number of ether oxygens (including phenoxy) is 1. The van der Waals surface area contributed by atoms with Gasteiger partial charge in [-0.15, -0.1) is 0 Å². The van der Waals surface area contributed by atoms with Gasteiger partial charge in [-0.3, -0.25) is 0 Å². The first-order valence-electron chi connectivity index (χ1n) is 8.58. The van der Waals surface area contributed by atoms with Crippen LogP contribution in [0.3, 0.4) is 0 Å². The zero-order chi connectivity index (χ0) is 15.9. The lowest BCUT2D eigenvalue weighted by atomic mass is 10.0. The second-order valence-corrected chi connectivity index (χ2v) is 5.98. The molecule has 1 atom stereocenters. The largest absolute Gasteiger partial charge is 0.462 e. The second-order valence-electron chi connectivity index (χ2n) is 5.98. The molecule has 0 aromatic rings. The Labute approximate surface area is 130 Å². The number of rotatable bonds is 14. The molecule has 1 unspecified atom stereocenters. The van der Waals surface area contributed by atoms with E-state index >= 15 is 0 Å². The molecule has 0 spiro atoms. The van der Waals surface area contributed by atoms with E-state index < -0.39 is 0 Å². The normalized spacial score (nSPS) is 12.1. The molecule has 0 aliphatic carbocycles. The molecule has 0 aromatic heterocycles. The molecule has 0 radical (unpaired) electrons. The van der Waals surface area contributed by atoms with Crippen molar-refractivity contribution >= 4 is 5.97 Å². The fraction of sp³-hybridized carbons (Fsp3) is 0.833. The van der Waals surface area contributed by atoms with Gasteiger partial charge < -0.3 is 9.84 Å². The van der Waals surface area contributed by atoms with Gasteiger partial charge in [-0.05, 0) is 26.2 Å². The van der Waals surface area contributed by atoms with Crippen molar-refractivity contribution in [3.05, 3.63) is 12.2 Å². The molecular formula is C18H34O3. The molecule has 0 amide bonds. The number of aliphatic hydroxyl groups is 1. The Balaban J connectivity index is 3.19. The van der Waals surface area contributed by atoms with Crippen LogP contribution in [0.1, 0.15) is 84.5 Å². The minimum atomic E-state index is -0.281. The van der Waals surface area contributed by atoms with Crippen molar-refractivity contribution in [3.8, 4) is 0 Å². The Bertz CT molecular complexity index is 274. The van der Waals surface area contributed by atoms with Crippen LogP contribution in [0.5, 0.6) is 0 Å². The summed E-state index contributed by atoms with van der Waals surface area (Å²) in [6, 6.07) is 0. The fourth-order valence-corrected chi connectivity index (χ4v) is 2.24. The van der Waals surface area contributed by atoms with Crippen LogP contribution in [0.25, 0.3) is 0 Å². The minimum absolute atomic E-state index is 0.0899. The Hall–Kier alpha value is -0.830. The van der Waals surface area contributed by atoms with Gasteiger partial charge in [0.2, 0.25) is 0 Å². The summed E-state index contributed by atoms with van der Waals surface area (Å²) in [7, 11) is 0. The van der Waals surface area contributed by atoms with Gasteiger partial charge in [0.25, 0.3) is 0 Å². The molecular weight excluding hydrogens is 264 g/mol. The lowest BCUT2D eigenvalue weighted by molar-refractivity contribution is -0.139. The molecule has 124 valence electrons. The smallest absolute Gasteiger partial charge is 0.333 e. The lowest BCUT2D eigenvalue weighted by Crippen LogP contribution is -2.06. The van der Waals surface area contributed by atoms with Gasteiger partial charge in [0.05, 0.1) is 12.7 Å². The standard InChI is InChI=1S/C18H34O3/c1-4-5-13-17(19)14-11-9-7-6-8-10-12-15-21-18(20)16(2)3/h17,19H,2,4-15H2,1,3H3. The van der Waals surface area contributed by atoms with Crippen LogP contribution in [0, 0.1) is 0 Å². The summed E-state index contributed by atoms with van der Waals surface area (Å²) in [5, 5.41) is 9.72. The van der Waals surface area contributed by atoms with Gasteiger partial charge in [-0.2, -0.15) is 0 Å². The van der Waals surface area contributed by atoms with Crippen LogP contribution in [-0.2, 0) is 9.53 Å². The van der Waals surface area contributed by atoms with E-state index in [4.69, 9.17) is 4.74 Å². The van der Waals surface area contributed by atoms with E-state index in [9.17, 15) is 9.90 Å². The maximum absolute atomic E-state index is 11.1. The molecule has 3 heteroatoms. The zero-order valence-electron chi connectivity index (χ0n) is 14.0. The molecule has 0 aromatic carbocycles. The maximum atomic E-state index is 11.1. The lowest BCUT2D eigenvalue weighted by Gasteiger charge is -2.09. The summed E-state index contributed by atoms with van der Waals surface area (Å²) in [5.74, 6) is -0.281. The van der Waals surface area contributed by atoms with Gasteiger partial charge in [0.1, 0.15) is 0 Å². The highest BCUT2D eigenvalue weighted by atomic mass is 16.5. The summed E-state index contributed by atoms with van der Waals surface area (Å²) in [6.45, 7) is 7.88. The third-order valence-corrected chi connectivity index (χ3v) is 3.65. The SMILES string of the molecule is C=C(C)C(=O)OCCCCCCCCCC(O)CCCC. The first kappa shape index (κ1) is 20.2. The highest BCUT2D eigenvalue weighted by Crippen LogP contribution is 2.12. The van der Waals surface area contributed by atoms with E-state index in [0.717, 1.165) is 38.5 Å². The highest BCUT2D eigenvalue weighted by Gasteiger charge is 2.03. The number of carbonyl (C=O) groups is 1. The van der Waals surface area contributed by atoms with Crippen LogP contribution in [0.15, 0.2) is 12.2 Å². The van der Waals surface area contributed by atoms with E-state index in [1.54, 1.807) is 6.92 Å². The molecule has 21 heavy (non-hydrogen) atoms. The summed E-state index contributed by atoms with van der Waals surface area (Å²) >= 11 is 0. The van der Waals surface area contributed by atoms with E-state index in [1.807, 2.05) is 0 Å². The Morgan fingerprint density at radius 2 is 1.52 bits per heavy atom. The molecule has 0 aliphatic heterocycles. The van der Waals surface area contributed by atoms with E-state index in [1.165, 1.54) is 32.1 Å². The van der Waals surface area contributed by atoms with Gasteiger partial charge >= 0.3 is 5.97 Å². The van der Waals surface area contributed by atoms with Crippen LogP contribution >= 0.6 is 0 Å². The number of esters is 1. The van der Waals surface area contributed by atoms with Crippen molar-refractivity contribution in [2.45, 2.75) is 90.6 Å². The highest BCUT2D eigenvalue weighted by molar-refractivity contribution is 5.86. The van der Waals surface area contributed by atoms with Crippen LogP contribution in [0.2, 0.25) is 0 Å². The quantitative estimate of drug-likeness (QED) is 0.285. The predicted molar refractivity (Wildman–Crippen MR) is 88.2 cm³/mol. The van der Waals surface area contributed by atoms with E-state index in [-0.39, 0.29) is 12.1 Å². The van der Waals surface area contributed by atoms with Crippen LogP contribution < -0.4 is 0 Å². The molecule has 0 heterocycles. The van der Waals surface area contributed by atoms with Crippen molar-refractivity contribution in [1.82, 2.24) is 0 Å². The van der Waals surface area contributed by atoms with Crippen LogP contribution in [-0.4, -0.2) is 23.8 Å². The van der Waals surface area contributed by atoms with E-state index in [2.05, 4.69) is 13.5 Å². The van der Waals surface area contributed by atoms with Gasteiger partial charge in [-0.25, -0.2) is 4.79 Å². The minimum Gasteiger partial charge on any atom is -0.462 e. The summed E-state index contributed by atoms with van der Waals surface area (Å²) < 4.78 is 5.04. The van der Waals surface area contributed by atoms with Gasteiger partial charge in [0, 0.05) is 5.57 Å². The maximum Gasteiger partial charge on any atom is 0.333 e. The predicted octanol–water partition coefficient (Wildman–Crippen LogP) is 4.78. The molecule has 0 bridgehead atoms. The van der Waals surface area contributed by atoms with Gasteiger partial charge in [0.15, 0.2) is 0 Å². The third kappa shape index (κ3) is 13.9. The monoisotopic (exact) mass is 298 g/mol. The molecule has 0 saturated heterocycles. The van der Waals surface area contributed by atoms with Crippen molar-refractivity contribution in [2.75, 3.05) is 6.61 Å². The molecule has 3 nitrogen and oxygen atoms in total. The zero-order valence-corrected chi connectivity index (χ0v) is 14.0. The van der Waals surface area contributed by atoms with Crippen LogP contribution in [0.4, 0.5) is 0 Å². The Morgan fingerprint density at radius 1 is 1.00 bits per heavy atom. The number of carbonyl (C=O) groups excluding carboxylic acids is 1. The van der Waals surface area contributed by atoms with E-state index in [0.29, 0.717) is 12.2 Å². The second kappa shape index (κ2) is 14.1. The number of unbranched alkanes of at least 4 members (excludes halogenated alkanes) is 7. The number of aliphatic hydroxyl groups excluding tert-OH is 1. The van der Waals surface area contributed by atoms with Gasteiger partial charge in [-0.1, -0.05) is 64.9 Å². The number of hydrogen-bond donors (Lipinski definition) is 1. The molecule has 1 N–H and O–H groups in total. The molecule has 0 saturated carbocycles. The van der Waals surface area contributed by atoms with Crippen molar-refractivity contribution in [2.24, 2.45) is 0 Å². The Morgan fingerprint density at radius 3 is 2.10 bits per heavy atom. The topological polar surface area (TPSA) is 46.5 Å². The van der Waals surface area contributed by atoms with Crippen molar-refractivity contribution in [3.63, 3.8) is 0 Å². The Kier molecular flexibility index (Phi) is 13.6. The summed E-state index contributed by atoms with van der Waals surface area (Å²) in [6.07, 6.45) is 12.2. The average Bonchev–Trinajstić information content (AvgIpc) is 2.46. The van der Waals surface area contributed by atoms with Crippen molar-refractivity contribution in [1.29, 1.82) is 0 Å². The number of hydrogen-bond acceptors (Lipinski definition) is 3. The molecule has 0 fully saturated rings. The summed E-state index contributed by atoms with van der Waals surface area (Å²) in [5.41, 5.74) is 0.469. The molecule has 0 aliphatic rings. The summed E-state index contributed by atoms with van der Waals surface area (Å²) in [4.78, 5) is 11.1. The third-order valence-electron chi connectivity index (χ3n) is 3.65. The first-order valence-corrected chi connectivity index (χ1v) is 8.58. The first-order chi connectivity index (χ1) is 10.1. The molecule has 0 rings (SSSR count). The fourth-order valence-electron chi connectivity index (χ4n) is 2.24. The average molecular weight is 298 g/mol. The van der Waals surface area contributed by atoms with Crippen molar-refractivity contribution < 1.29 is 14.6 Å².